The van der Waals surface area contributed by atoms with Crippen LogP contribution in [0, 0.1) is 5.41 Å². The quantitative estimate of drug-likeness (QED) is 0.732. The Morgan fingerprint density at radius 2 is 1.71 bits per heavy atom. The van der Waals surface area contributed by atoms with Gasteiger partial charge in [-0.1, -0.05) is 49.2 Å². The third kappa shape index (κ3) is 6.31. The SMILES string of the molecule is O=C(COc1ccccc1)N1CCC2(CCCCCc3ccccc3OCCCNC2=O)CC1. The molecule has 34 heavy (non-hydrogen) atoms. The lowest BCUT2D eigenvalue weighted by molar-refractivity contribution is -0.142. The number of fused-ring (bicyclic) bond motifs is 1. The lowest BCUT2D eigenvalue weighted by atomic mass is 9.73. The number of rotatable bonds is 3. The van der Waals surface area contributed by atoms with Crippen LogP contribution in [0.1, 0.15) is 50.5 Å². The number of carbonyl (C=O) groups excluding carboxylic acids is 2. The molecule has 0 bridgehead atoms. The van der Waals surface area contributed by atoms with Crippen molar-refractivity contribution in [1.82, 2.24) is 10.2 Å². The van der Waals surface area contributed by atoms with Crippen LogP contribution in [0.25, 0.3) is 0 Å². The lowest BCUT2D eigenvalue weighted by Crippen LogP contribution is -2.51. The summed E-state index contributed by atoms with van der Waals surface area (Å²) >= 11 is 0. The molecule has 6 nitrogen and oxygen atoms in total. The normalized spacial score (nSPS) is 19.3. The summed E-state index contributed by atoms with van der Waals surface area (Å²) in [6, 6.07) is 17.7. The second-order valence-electron chi connectivity index (χ2n) is 9.39. The van der Waals surface area contributed by atoms with Gasteiger partial charge < -0.3 is 19.7 Å². The minimum atomic E-state index is -0.389. The molecule has 2 aromatic carbocycles. The van der Waals surface area contributed by atoms with E-state index in [2.05, 4.69) is 17.4 Å². The topological polar surface area (TPSA) is 67.9 Å². The van der Waals surface area contributed by atoms with Crippen LogP contribution in [-0.2, 0) is 16.0 Å². The third-order valence-corrected chi connectivity index (χ3v) is 7.10. The van der Waals surface area contributed by atoms with Crippen LogP contribution in [0.4, 0.5) is 0 Å². The molecule has 0 atom stereocenters. The summed E-state index contributed by atoms with van der Waals surface area (Å²) in [6.07, 6.45) is 7.23. The van der Waals surface area contributed by atoms with Crippen molar-refractivity contribution in [2.75, 3.05) is 32.8 Å². The van der Waals surface area contributed by atoms with Gasteiger partial charge in [0.15, 0.2) is 6.61 Å². The number of ether oxygens (including phenoxy) is 2. The smallest absolute Gasteiger partial charge is 0.260 e. The monoisotopic (exact) mass is 464 g/mol. The number of aryl methyl sites for hydroxylation is 1. The van der Waals surface area contributed by atoms with Gasteiger partial charge in [-0.2, -0.15) is 0 Å². The summed E-state index contributed by atoms with van der Waals surface area (Å²) in [4.78, 5) is 27.8. The first-order valence-corrected chi connectivity index (χ1v) is 12.6. The van der Waals surface area contributed by atoms with Gasteiger partial charge >= 0.3 is 0 Å². The van der Waals surface area contributed by atoms with Crippen molar-refractivity contribution in [3.63, 3.8) is 0 Å². The Balaban J connectivity index is 1.32. The van der Waals surface area contributed by atoms with Gasteiger partial charge in [0.2, 0.25) is 5.91 Å². The molecular formula is C28H36N2O4. The van der Waals surface area contributed by atoms with Gasteiger partial charge in [-0.15, -0.1) is 0 Å². The minimum absolute atomic E-state index is 0.0178. The highest BCUT2D eigenvalue weighted by atomic mass is 16.5. The van der Waals surface area contributed by atoms with E-state index in [4.69, 9.17) is 9.47 Å². The minimum Gasteiger partial charge on any atom is -0.493 e. The predicted molar refractivity (Wildman–Crippen MR) is 132 cm³/mol. The van der Waals surface area contributed by atoms with Gasteiger partial charge in [-0.25, -0.2) is 0 Å². The largest absolute Gasteiger partial charge is 0.493 e. The highest BCUT2D eigenvalue weighted by molar-refractivity contribution is 5.83. The number of nitrogens with zero attached hydrogens (tertiary/aromatic N) is 1. The van der Waals surface area contributed by atoms with Gasteiger partial charge in [0, 0.05) is 19.6 Å². The second kappa shape index (κ2) is 11.9. The van der Waals surface area contributed by atoms with Crippen LogP contribution < -0.4 is 14.8 Å². The van der Waals surface area contributed by atoms with Crippen LogP contribution in [0.15, 0.2) is 54.6 Å². The summed E-state index contributed by atoms with van der Waals surface area (Å²) in [5.41, 5.74) is 0.878. The maximum absolute atomic E-state index is 13.3. The average Bonchev–Trinajstić information content (AvgIpc) is 2.88. The molecule has 2 aliphatic heterocycles. The molecule has 1 fully saturated rings. The molecular weight excluding hydrogens is 428 g/mol. The Kier molecular flexibility index (Phi) is 8.45. The number of benzene rings is 2. The molecule has 2 amide bonds. The molecule has 2 aliphatic rings. The van der Waals surface area contributed by atoms with Gasteiger partial charge in [-0.05, 0) is 62.3 Å². The van der Waals surface area contributed by atoms with Crippen LogP contribution in [0.2, 0.25) is 0 Å². The van der Waals surface area contributed by atoms with Gasteiger partial charge in [-0.3, -0.25) is 9.59 Å². The lowest BCUT2D eigenvalue weighted by Gasteiger charge is -2.41. The van der Waals surface area contributed by atoms with Gasteiger partial charge in [0.25, 0.3) is 5.91 Å². The van der Waals surface area contributed by atoms with Crippen LogP contribution in [-0.4, -0.2) is 49.6 Å². The Morgan fingerprint density at radius 1 is 0.941 bits per heavy atom. The van der Waals surface area contributed by atoms with E-state index in [0.29, 0.717) is 44.8 Å². The van der Waals surface area contributed by atoms with Crippen LogP contribution >= 0.6 is 0 Å². The van der Waals surface area contributed by atoms with E-state index in [0.717, 1.165) is 44.3 Å². The van der Waals surface area contributed by atoms with Crippen molar-refractivity contribution in [1.29, 1.82) is 0 Å². The Labute approximate surface area is 202 Å². The molecule has 0 saturated carbocycles. The highest BCUT2D eigenvalue weighted by Crippen LogP contribution is 2.37. The summed E-state index contributed by atoms with van der Waals surface area (Å²) < 4.78 is 11.6. The summed E-state index contributed by atoms with van der Waals surface area (Å²) in [5.74, 6) is 1.78. The fourth-order valence-electron chi connectivity index (χ4n) is 4.98. The average molecular weight is 465 g/mol. The zero-order valence-electron chi connectivity index (χ0n) is 20.0. The first-order chi connectivity index (χ1) is 16.7. The summed E-state index contributed by atoms with van der Waals surface area (Å²) in [5, 5.41) is 3.16. The number of amides is 2. The summed E-state index contributed by atoms with van der Waals surface area (Å²) in [6.45, 7) is 2.43. The number of hydrogen-bond acceptors (Lipinski definition) is 4. The molecule has 2 aromatic rings. The number of piperidine rings is 1. The van der Waals surface area contributed by atoms with Crippen molar-refractivity contribution >= 4 is 11.8 Å². The van der Waals surface area contributed by atoms with Gasteiger partial charge in [0.05, 0.1) is 12.0 Å². The van der Waals surface area contributed by atoms with E-state index >= 15 is 0 Å². The molecule has 1 spiro atoms. The van der Waals surface area contributed by atoms with Crippen LogP contribution in [0.3, 0.4) is 0 Å². The molecule has 1 N–H and O–H groups in total. The van der Waals surface area contributed by atoms with Crippen molar-refractivity contribution in [2.45, 2.75) is 51.4 Å². The van der Waals surface area contributed by atoms with E-state index < -0.39 is 0 Å². The van der Waals surface area contributed by atoms with Crippen LogP contribution in [0.5, 0.6) is 11.5 Å². The molecule has 0 radical (unpaired) electrons. The molecule has 6 heteroatoms. The Morgan fingerprint density at radius 3 is 2.53 bits per heavy atom. The maximum Gasteiger partial charge on any atom is 0.260 e. The first-order valence-electron chi connectivity index (χ1n) is 12.6. The van der Waals surface area contributed by atoms with E-state index in [1.807, 2.05) is 47.4 Å². The summed E-state index contributed by atoms with van der Waals surface area (Å²) in [7, 11) is 0. The molecule has 0 aromatic heterocycles. The standard InChI is InChI=1S/C28H36N2O4/c31-26(22-34-24-12-4-1-5-13-24)30-19-16-28(17-20-30)15-8-2-3-10-23-11-6-7-14-25(23)33-21-9-18-29-27(28)32/h1,4-7,11-14H,2-3,8-10,15-22H2,(H,29,32). The highest BCUT2D eigenvalue weighted by Gasteiger charge is 2.41. The molecule has 182 valence electrons. The third-order valence-electron chi connectivity index (χ3n) is 7.10. The Bertz CT molecular complexity index is 938. The van der Waals surface area contributed by atoms with Crippen molar-refractivity contribution in [3.05, 3.63) is 60.2 Å². The zero-order chi connectivity index (χ0) is 23.6. The van der Waals surface area contributed by atoms with E-state index in [1.54, 1.807) is 0 Å². The number of likely N-dealkylation sites (tertiary alicyclic amines) is 1. The first kappa shape index (κ1) is 24.1. The molecule has 4 rings (SSSR count). The number of nitrogens with one attached hydrogen (secondary N) is 1. The van der Waals surface area contributed by atoms with E-state index in [1.165, 1.54) is 5.56 Å². The number of para-hydroxylation sites is 2. The van der Waals surface area contributed by atoms with Crippen molar-refractivity contribution in [2.24, 2.45) is 5.41 Å². The van der Waals surface area contributed by atoms with Gasteiger partial charge in [0.1, 0.15) is 11.5 Å². The predicted octanol–water partition coefficient (Wildman–Crippen LogP) is 4.38. The fraction of sp³-hybridized carbons (Fsp3) is 0.500. The maximum atomic E-state index is 13.3. The fourth-order valence-corrected chi connectivity index (χ4v) is 4.98. The molecule has 0 aliphatic carbocycles. The van der Waals surface area contributed by atoms with Crippen molar-refractivity contribution < 1.29 is 19.1 Å². The second-order valence-corrected chi connectivity index (χ2v) is 9.39. The Hall–Kier alpha value is -3.02. The molecule has 1 saturated heterocycles. The number of hydrogen-bond donors (Lipinski definition) is 1. The molecule has 0 unspecified atom stereocenters. The number of carbonyl (C=O) groups is 2. The molecule has 2 heterocycles. The van der Waals surface area contributed by atoms with Crippen molar-refractivity contribution in [3.8, 4) is 11.5 Å². The van der Waals surface area contributed by atoms with E-state index in [9.17, 15) is 9.59 Å². The zero-order valence-corrected chi connectivity index (χ0v) is 20.0. The van der Waals surface area contributed by atoms with E-state index in [-0.39, 0.29) is 23.8 Å².